The minimum Gasteiger partial charge on any atom is -0.480 e. The maximum absolute atomic E-state index is 11.6. The maximum atomic E-state index is 11.6. The third kappa shape index (κ3) is 2.79. The summed E-state index contributed by atoms with van der Waals surface area (Å²) in [5, 5.41) is 16.1. The second-order valence-corrected chi connectivity index (χ2v) is 6.05. The van der Waals surface area contributed by atoms with Crippen LogP contribution in [-0.2, 0) is 4.79 Å². The van der Waals surface area contributed by atoms with E-state index in [4.69, 9.17) is 9.97 Å². The minimum atomic E-state index is -0.843. The Labute approximate surface area is 133 Å². The molecule has 23 heavy (non-hydrogen) atoms. The van der Waals surface area contributed by atoms with Crippen LogP contribution in [0.1, 0.15) is 12.8 Å². The lowest BCUT2D eigenvalue weighted by molar-refractivity contribution is -0.138. The van der Waals surface area contributed by atoms with Crippen molar-refractivity contribution in [2.45, 2.75) is 24.9 Å². The van der Waals surface area contributed by atoms with Crippen LogP contribution in [0.2, 0.25) is 0 Å². The standard InChI is InChI=1S/C16H19N5O2/c22-16(23)13-9-17-7-8-21(13)15-14(18-10-5-6-10)19-11-3-1-2-4-12(11)20-15/h1-4,10,13,17H,5-9H2,(H,18,19)(H,22,23). The molecule has 7 heteroatoms. The SMILES string of the molecule is O=C(O)C1CNCCN1c1nc2ccccc2nc1NC1CC1. The number of piperazine rings is 1. The molecule has 0 bridgehead atoms. The van der Waals surface area contributed by atoms with Gasteiger partial charge in [0.2, 0.25) is 0 Å². The van der Waals surface area contributed by atoms with Crippen LogP contribution < -0.4 is 15.5 Å². The lowest BCUT2D eigenvalue weighted by Gasteiger charge is -2.35. The van der Waals surface area contributed by atoms with Crippen LogP contribution in [0.5, 0.6) is 0 Å². The smallest absolute Gasteiger partial charge is 0.327 e. The second kappa shape index (κ2) is 5.66. The highest BCUT2D eigenvalue weighted by molar-refractivity contribution is 5.84. The zero-order valence-corrected chi connectivity index (χ0v) is 12.7. The lowest BCUT2D eigenvalue weighted by atomic mass is 10.2. The Morgan fingerprint density at radius 3 is 2.70 bits per heavy atom. The largest absolute Gasteiger partial charge is 0.480 e. The van der Waals surface area contributed by atoms with Gasteiger partial charge in [0.15, 0.2) is 11.6 Å². The summed E-state index contributed by atoms with van der Waals surface area (Å²) < 4.78 is 0. The number of fused-ring (bicyclic) bond motifs is 1. The summed E-state index contributed by atoms with van der Waals surface area (Å²) in [6, 6.07) is 7.49. The van der Waals surface area contributed by atoms with Gasteiger partial charge >= 0.3 is 5.97 Å². The molecule has 1 aromatic heterocycles. The van der Waals surface area contributed by atoms with Gasteiger partial charge in [-0.2, -0.15) is 0 Å². The predicted molar refractivity (Wildman–Crippen MR) is 87.8 cm³/mol. The quantitative estimate of drug-likeness (QED) is 0.777. The number of anilines is 2. The fourth-order valence-corrected chi connectivity index (χ4v) is 2.89. The molecule has 2 aromatic rings. The Morgan fingerprint density at radius 1 is 1.26 bits per heavy atom. The molecule has 7 nitrogen and oxygen atoms in total. The normalized spacial score (nSPS) is 21.4. The van der Waals surface area contributed by atoms with Crippen molar-refractivity contribution < 1.29 is 9.90 Å². The molecule has 2 aliphatic rings. The van der Waals surface area contributed by atoms with Crippen LogP contribution in [-0.4, -0.2) is 52.8 Å². The summed E-state index contributed by atoms with van der Waals surface area (Å²) >= 11 is 0. The van der Waals surface area contributed by atoms with E-state index in [0.717, 1.165) is 30.4 Å². The minimum absolute atomic E-state index is 0.409. The number of carbonyl (C=O) groups is 1. The van der Waals surface area contributed by atoms with Crippen molar-refractivity contribution in [3.05, 3.63) is 24.3 Å². The zero-order valence-electron chi connectivity index (χ0n) is 12.7. The van der Waals surface area contributed by atoms with Gasteiger partial charge in [0.05, 0.1) is 11.0 Å². The first-order chi connectivity index (χ1) is 11.2. The number of aliphatic carboxylic acids is 1. The predicted octanol–water partition coefficient (Wildman–Crippen LogP) is 1.07. The molecular weight excluding hydrogens is 294 g/mol. The highest BCUT2D eigenvalue weighted by atomic mass is 16.4. The van der Waals surface area contributed by atoms with Crippen molar-refractivity contribution in [3.63, 3.8) is 0 Å². The van der Waals surface area contributed by atoms with Crippen molar-refractivity contribution in [1.29, 1.82) is 0 Å². The molecule has 0 spiro atoms. The number of aromatic nitrogens is 2. The molecule has 1 aliphatic carbocycles. The Morgan fingerprint density at radius 2 is 2.00 bits per heavy atom. The molecule has 2 fully saturated rings. The van der Waals surface area contributed by atoms with Crippen LogP contribution in [0, 0.1) is 0 Å². The topological polar surface area (TPSA) is 90.4 Å². The fraction of sp³-hybridized carbons (Fsp3) is 0.438. The molecule has 120 valence electrons. The van der Waals surface area contributed by atoms with Gasteiger partial charge in [0, 0.05) is 25.7 Å². The molecule has 3 N–H and O–H groups in total. The first-order valence-corrected chi connectivity index (χ1v) is 7.96. The highest BCUT2D eigenvalue weighted by Gasteiger charge is 2.33. The number of para-hydroxylation sites is 2. The molecule has 1 aromatic carbocycles. The Hall–Kier alpha value is -2.41. The van der Waals surface area contributed by atoms with E-state index in [2.05, 4.69) is 10.6 Å². The van der Waals surface area contributed by atoms with Crippen LogP contribution in [0.4, 0.5) is 11.6 Å². The zero-order chi connectivity index (χ0) is 15.8. The number of benzene rings is 1. The van der Waals surface area contributed by atoms with Gasteiger partial charge in [-0.05, 0) is 25.0 Å². The van der Waals surface area contributed by atoms with Gasteiger partial charge < -0.3 is 20.6 Å². The van der Waals surface area contributed by atoms with E-state index < -0.39 is 12.0 Å². The highest BCUT2D eigenvalue weighted by Crippen LogP contribution is 2.31. The number of carboxylic acid groups (broad SMARTS) is 1. The second-order valence-electron chi connectivity index (χ2n) is 6.05. The van der Waals surface area contributed by atoms with Crippen molar-refractivity contribution in [1.82, 2.24) is 15.3 Å². The van der Waals surface area contributed by atoms with Gasteiger partial charge in [0.25, 0.3) is 0 Å². The maximum Gasteiger partial charge on any atom is 0.327 e. The molecule has 0 radical (unpaired) electrons. The third-order valence-corrected chi connectivity index (χ3v) is 4.27. The number of hydrogen-bond acceptors (Lipinski definition) is 6. The summed E-state index contributed by atoms with van der Waals surface area (Å²) in [6.07, 6.45) is 2.25. The average molecular weight is 313 g/mol. The molecule has 0 amide bonds. The number of rotatable bonds is 4. The van der Waals surface area contributed by atoms with E-state index in [-0.39, 0.29) is 0 Å². The lowest BCUT2D eigenvalue weighted by Crippen LogP contribution is -2.55. The van der Waals surface area contributed by atoms with Gasteiger partial charge in [-0.25, -0.2) is 14.8 Å². The van der Waals surface area contributed by atoms with Gasteiger partial charge in [-0.1, -0.05) is 12.1 Å². The molecule has 1 atom stereocenters. The monoisotopic (exact) mass is 313 g/mol. The van der Waals surface area contributed by atoms with Crippen LogP contribution in [0.25, 0.3) is 11.0 Å². The Balaban J connectivity index is 1.80. The molecule has 1 saturated carbocycles. The van der Waals surface area contributed by atoms with E-state index in [1.165, 1.54) is 0 Å². The molecule has 2 heterocycles. The van der Waals surface area contributed by atoms with Gasteiger partial charge in [0.1, 0.15) is 6.04 Å². The fourth-order valence-electron chi connectivity index (χ4n) is 2.89. The van der Waals surface area contributed by atoms with Crippen LogP contribution in [0.3, 0.4) is 0 Å². The van der Waals surface area contributed by atoms with Crippen molar-refractivity contribution in [2.24, 2.45) is 0 Å². The summed E-state index contributed by atoms with van der Waals surface area (Å²) in [4.78, 5) is 22.9. The third-order valence-electron chi connectivity index (χ3n) is 4.27. The number of hydrogen-bond donors (Lipinski definition) is 3. The van der Waals surface area contributed by atoms with Crippen molar-refractivity contribution in [2.75, 3.05) is 29.9 Å². The molecule has 4 rings (SSSR count). The average Bonchev–Trinajstić information content (AvgIpc) is 3.38. The first kappa shape index (κ1) is 14.2. The van der Waals surface area contributed by atoms with E-state index >= 15 is 0 Å². The first-order valence-electron chi connectivity index (χ1n) is 7.96. The number of carboxylic acids is 1. The molecule has 1 aliphatic heterocycles. The van der Waals surface area contributed by atoms with E-state index in [9.17, 15) is 9.90 Å². The van der Waals surface area contributed by atoms with Crippen molar-refractivity contribution in [3.8, 4) is 0 Å². The summed E-state index contributed by atoms with van der Waals surface area (Å²) in [6.45, 7) is 1.75. The van der Waals surface area contributed by atoms with E-state index in [1.807, 2.05) is 29.2 Å². The number of nitrogens with zero attached hydrogens (tertiary/aromatic N) is 3. The molecule has 1 unspecified atom stereocenters. The summed E-state index contributed by atoms with van der Waals surface area (Å²) in [5.74, 6) is 0.494. The Kier molecular flexibility index (Phi) is 3.49. The van der Waals surface area contributed by atoms with E-state index in [1.54, 1.807) is 0 Å². The van der Waals surface area contributed by atoms with Gasteiger partial charge in [-0.15, -0.1) is 0 Å². The molecular formula is C16H19N5O2. The summed E-state index contributed by atoms with van der Waals surface area (Å²) in [5.41, 5.74) is 1.60. The number of nitrogens with one attached hydrogen (secondary N) is 2. The molecule has 1 saturated heterocycles. The van der Waals surface area contributed by atoms with Crippen molar-refractivity contribution >= 4 is 28.6 Å². The van der Waals surface area contributed by atoms with Gasteiger partial charge in [-0.3, -0.25) is 0 Å². The van der Waals surface area contributed by atoms with E-state index in [0.29, 0.717) is 30.8 Å². The Bertz CT molecular complexity index is 746. The van der Waals surface area contributed by atoms with Crippen LogP contribution >= 0.6 is 0 Å². The van der Waals surface area contributed by atoms with Crippen LogP contribution in [0.15, 0.2) is 24.3 Å². The summed E-state index contributed by atoms with van der Waals surface area (Å²) in [7, 11) is 0.